The third-order valence-corrected chi connectivity index (χ3v) is 5.95. The highest BCUT2D eigenvalue weighted by atomic mass is 32.1. The van der Waals surface area contributed by atoms with Crippen LogP contribution in [0.2, 0.25) is 0 Å². The first-order valence-electron chi connectivity index (χ1n) is 7.93. The van der Waals surface area contributed by atoms with Crippen molar-refractivity contribution in [2.75, 3.05) is 18.0 Å². The van der Waals surface area contributed by atoms with Crippen LogP contribution in [0.4, 0.5) is 10.2 Å². The number of aryl methyl sites for hydroxylation is 3. The fourth-order valence-corrected chi connectivity index (χ4v) is 4.70. The summed E-state index contributed by atoms with van der Waals surface area (Å²) in [6, 6.07) is 0. The SMILES string of the molecule is Cc1ncnc(N2CCCC(c3nc4c(s3)CCC4)C2)c1F. The lowest BCUT2D eigenvalue weighted by Crippen LogP contribution is -2.35. The summed E-state index contributed by atoms with van der Waals surface area (Å²) >= 11 is 1.87. The van der Waals surface area contributed by atoms with Crippen molar-refractivity contribution in [2.45, 2.75) is 44.9 Å². The van der Waals surface area contributed by atoms with E-state index < -0.39 is 0 Å². The largest absolute Gasteiger partial charge is 0.353 e. The minimum atomic E-state index is -0.287. The lowest BCUT2D eigenvalue weighted by atomic mass is 9.98. The van der Waals surface area contributed by atoms with Crippen molar-refractivity contribution in [3.63, 3.8) is 0 Å². The first-order valence-corrected chi connectivity index (χ1v) is 8.74. The smallest absolute Gasteiger partial charge is 0.186 e. The van der Waals surface area contributed by atoms with Crippen LogP contribution in [0.25, 0.3) is 0 Å². The Bertz CT molecular complexity index is 678. The molecular formula is C16H19FN4S. The predicted octanol–water partition coefficient (Wildman–Crippen LogP) is 3.25. The number of halogens is 1. The van der Waals surface area contributed by atoms with E-state index >= 15 is 0 Å². The number of fused-ring (bicyclic) bond motifs is 1. The summed E-state index contributed by atoms with van der Waals surface area (Å²) in [4.78, 5) is 16.5. The van der Waals surface area contributed by atoms with Crippen LogP contribution in [-0.2, 0) is 12.8 Å². The number of aromatic nitrogens is 3. The van der Waals surface area contributed by atoms with E-state index in [4.69, 9.17) is 4.98 Å². The lowest BCUT2D eigenvalue weighted by molar-refractivity contribution is 0.492. The highest BCUT2D eigenvalue weighted by Crippen LogP contribution is 2.36. The van der Waals surface area contributed by atoms with Gasteiger partial charge in [0.05, 0.1) is 16.4 Å². The monoisotopic (exact) mass is 318 g/mol. The second-order valence-corrected chi connectivity index (χ2v) is 7.27. The molecule has 2 aromatic heterocycles. The summed E-state index contributed by atoms with van der Waals surface area (Å²) in [6.45, 7) is 3.35. The number of anilines is 1. The van der Waals surface area contributed by atoms with Gasteiger partial charge in [0.1, 0.15) is 6.33 Å². The molecule has 2 aliphatic rings. The van der Waals surface area contributed by atoms with Gasteiger partial charge in [-0.05, 0) is 39.0 Å². The van der Waals surface area contributed by atoms with E-state index in [0.717, 1.165) is 32.4 Å². The molecule has 0 radical (unpaired) electrons. The van der Waals surface area contributed by atoms with Crippen LogP contribution in [-0.4, -0.2) is 28.0 Å². The molecule has 1 saturated heterocycles. The van der Waals surface area contributed by atoms with E-state index in [1.54, 1.807) is 6.92 Å². The quantitative estimate of drug-likeness (QED) is 0.852. The van der Waals surface area contributed by atoms with Gasteiger partial charge in [0.15, 0.2) is 11.6 Å². The van der Waals surface area contributed by atoms with Crippen molar-refractivity contribution in [1.82, 2.24) is 15.0 Å². The fourth-order valence-electron chi connectivity index (χ4n) is 3.42. The Hall–Kier alpha value is -1.56. The molecule has 0 aromatic carbocycles. The number of hydrogen-bond donors (Lipinski definition) is 0. The maximum absolute atomic E-state index is 14.3. The van der Waals surface area contributed by atoms with Crippen molar-refractivity contribution in [3.8, 4) is 0 Å². The maximum Gasteiger partial charge on any atom is 0.186 e. The molecule has 1 aliphatic heterocycles. The first kappa shape index (κ1) is 14.1. The van der Waals surface area contributed by atoms with Crippen LogP contribution in [0.5, 0.6) is 0 Å². The Morgan fingerprint density at radius 3 is 3.05 bits per heavy atom. The molecule has 1 fully saturated rings. The highest BCUT2D eigenvalue weighted by Gasteiger charge is 2.28. The normalized spacial score (nSPS) is 21.2. The summed E-state index contributed by atoms with van der Waals surface area (Å²) in [5, 5.41) is 1.24. The van der Waals surface area contributed by atoms with E-state index in [1.807, 2.05) is 11.3 Å². The highest BCUT2D eigenvalue weighted by molar-refractivity contribution is 7.11. The van der Waals surface area contributed by atoms with Gasteiger partial charge in [0, 0.05) is 23.9 Å². The van der Waals surface area contributed by atoms with Crippen LogP contribution >= 0.6 is 11.3 Å². The molecule has 2 aromatic rings. The number of rotatable bonds is 2. The van der Waals surface area contributed by atoms with Gasteiger partial charge in [-0.15, -0.1) is 11.3 Å². The fraction of sp³-hybridized carbons (Fsp3) is 0.562. The molecule has 116 valence electrons. The lowest BCUT2D eigenvalue weighted by Gasteiger charge is -2.32. The minimum absolute atomic E-state index is 0.287. The zero-order valence-electron chi connectivity index (χ0n) is 12.7. The molecule has 22 heavy (non-hydrogen) atoms. The second-order valence-electron chi connectivity index (χ2n) is 6.16. The standard InChI is InChI=1S/C16H19FN4S/c1-10-14(17)15(19-9-18-10)21-7-3-4-11(8-21)16-20-12-5-2-6-13(12)22-16/h9,11H,2-8H2,1H3. The summed E-state index contributed by atoms with van der Waals surface area (Å²) in [5.41, 5.74) is 1.72. The Morgan fingerprint density at radius 2 is 2.18 bits per heavy atom. The Labute approximate surface area is 133 Å². The van der Waals surface area contributed by atoms with Gasteiger partial charge in [-0.3, -0.25) is 0 Å². The number of thiazole rings is 1. The van der Waals surface area contributed by atoms with Crippen molar-refractivity contribution in [2.24, 2.45) is 0 Å². The van der Waals surface area contributed by atoms with Crippen LogP contribution in [0.3, 0.4) is 0 Å². The molecule has 4 rings (SSSR count). The summed E-state index contributed by atoms with van der Waals surface area (Å²) in [7, 11) is 0. The predicted molar refractivity (Wildman–Crippen MR) is 85.1 cm³/mol. The number of nitrogens with zero attached hydrogens (tertiary/aromatic N) is 4. The third-order valence-electron chi connectivity index (χ3n) is 4.63. The molecule has 0 spiro atoms. The molecule has 4 nitrogen and oxygen atoms in total. The Balaban J connectivity index is 1.57. The zero-order chi connectivity index (χ0) is 15.1. The Morgan fingerprint density at radius 1 is 1.27 bits per heavy atom. The zero-order valence-corrected chi connectivity index (χ0v) is 13.5. The van der Waals surface area contributed by atoms with Crippen molar-refractivity contribution in [1.29, 1.82) is 0 Å². The molecule has 0 bridgehead atoms. The van der Waals surface area contributed by atoms with Gasteiger partial charge in [0.2, 0.25) is 0 Å². The van der Waals surface area contributed by atoms with E-state index in [9.17, 15) is 4.39 Å². The van der Waals surface area contributed by atoms with Gasteiger partial charge in [-0.1, -0.05) is 0 Å². The summed E-state index contributed by atoms with van der Waals surface area (Å²) in [6.07, 6.45) is 7.20. The van der Waals surface area contributed by atoms with Gasteiger partial charge in [-0.2, -0.15) is 0 Å². The van der Waals surface area contributed by atoms with Crippen molar-refractivity contribution in [3.05, 3.63) is 33.4 Å². The number of hydrogen-bond acceptors (Lipinski definition) is 5. The molecule has 6 heteroatoms. The van der Waals surface area contributed by atoms with Crippen molar-refractivity contribution < 1.29 is 4.39 Å². The van der Waals surface area contributed by atoms with E-state index in [1.165, 1.54) is 34.7 Å². The van der Waals surface area contributed by atoms with Gasteiger partial charge < -0.3 is 4.90 Å². The molecule has 0 saturated carbocycles. The molecule has 1 unspecified atom stereocenters. The maximum atomic E-state index is 14.3. The van der Waals surface area contributed by atoms with Crippen LogP contribution in [0, 0.1) is 12.7 Å². The number of piperidine rings is 1. The topological polar surface area (TPSA) is 41.9 Å². The van der Waals surface area contributed by atoms with E-state index in [2.05, 4.69) is 14.9 Å². The summed E-state index contributed by atoms with van der Waals surface area (Å²) < 4.78 is 14.3. The van der Waals surface area contributed by atoms with E-state index in [0.29, 0.717) is 17.4 Å². The van der Waals surface area contributed by atoms with Gasteiger partial charge in [-0.25, -0.2) is 19.3 Å². The van der Waals surface area contributed by atoms with Gasteiger partial charge in [0.25, 0.3) is 0 Å². The molecule has 3 heterocycles. The molecule has 0 amide bonds. The minimum Gasteiger partial charge on any atom is -0.353 e. The van der Waals surface area contributed by atoms with Crippen LogP contribution in [0.1, 0.15) is 46.5 Å². The summed E-state index contributed by atoms with van der Waals surface area (Å²) in [5.74, 6) is 0.560. The van der Waals surface area contributed by atoms with E-state index in [-0.39, 0.29) is 5.82 Å². The second kappa shape index (κ2) is 5.57. The molecule has 0 N–H and O–H groups in total. The van der Waals surface area contributed by atoms with Crippen molar-refractivity contribution >= 4 is 17.2 Å². The average molecular weight is 318 g/mol. The van der Waals surface area contributed by atoms with Crippen LogP contribution in [0.15, 0.2) is 6.33 Å². The Kier molecular flexibility index (Phi) is 3.56. The molecule has 1 atom stereocenters. The molecule has 1 aliphatic carbocycles. The first-order chi connectivity index (χ1) is 10.7. The molecular weight excluding hydrogens is 299 g/mol. The third kappa shape index (κ3) is 2.39. The average Bonchev–Trinajstić information content (AvgIpc) is 3.11. The van der Waals surface area contributed by atoms with Gasteiger partial charge >= 0.3 is 0 Å². The van der Waals surface area contributed by atoms with Crippen LogP contribution < -0.4 is 4.90 Å².